The van der Waals surface area contributed by atoms with Gasteiger partial charge in [0.05, 0.1) is 0 Å². The maximum atomic E-state index is 12.7. The molecule has 2 aromatic heterocycles. The van der Waals surface area contributed by atoms with Gasteiger partial charge in [-0.25, -0.2) is 4.79 Å². The van der Waals surface area contributed by atoms with Crippen molar-refractivity contribution in [2.75, 3.05) is 5.32 Å². The van der Waals surface area contributed by atoms with Crippen LogP contribution in [0.2, 0.25) is 0 Å². The maximum absolute atomic E-state index is 12.7. The van der Waals surface area contributed by atoms with E-state index in [0.717, 1.165) is 16.7 Å². The monoisotopic (exact) mass is 339 g/mol. The van der Waals surface area contributed by atoms with Crippen LogP contribution in [0.5, 0.6) is 0 Å². The molecule has 0 aliphatic heterocycles. The molecule has 3 aromatic rings. The summed E-state index contributed by atoms with van der Waals surface area (Å²) in [6.45, 7) is 3.01. The fourth-order valence-corrected chi connectivity index (χ4v) is 2.74. The quantitative estimate of drug-likeness (QED) is 0.772. The highest BCUT2D eigenvalue weighted by atomic mass is 32.1. The van der Waals surface area contributed by atoms with Crippen LogP contribution in [0.3, 0.4) is 0 Å². The number of carbonyl (C=O) groups excluding carboxylic acids is 1. The van der Waals surface area contributed by atoms with E-state index in [-0.39, 0.29) is 6.03 Å². The lowest BCUT2D eigenvalue weighted by Crippen LogP contribution is -2.34. The van der Waals surface area contributed by atoms with E-state index in [4.69, 9.17) is 0 Å². The zero-order valence-electron chi connectivity index (χ0n) is 13.2. The first-order chi connectivity index (χ1) is 11.7. The lowest BCUT2D eigenvalue weighted by Gasteiger charge is -2.23. The molecule has 0 saturated heterocycles. The third kappa shape index (κ3) is 4.14. The smallest absolute Gasteiger partial charge is 0.316 e. The highest BCUT2D eigenvalue weighted by molar-refractivity contribution is 7.13. The topological polar surface area (TPSA) is 71.0 Å². The van der Waals surface area contributed by atoms with E-state index in [9.17, 15) is 4.79 Å². The number of benzene rings is 1. The molecule has 24 heavy (non-hydrogen) atoms. The van der Waals surface area contributed by atoms with Crippen LogP contribution < -0.4 is 5.32 Å². The highest BCUT2D eigenvalue weighted by Gasteiger charge is 2.17. The fourth-order valence-electron chi connectivity index (χ4n) is 2.30. The Labute approximate surface area is 144 Å². The molecule has 3 rings (SSSR count). The van der Waals surface area contributed by atoms with E-state index in [1.165, 1.54) is 11.3 Å². The van der Waals surface area contributed by atoms with Crippen LogP contribution in [-0.4, -0.2) is 26.1 Å². The first-order valence-corrected chi connectivity index (χ1v) is 8.36. The predicted molar refractivity (Wildman–Crippen MR) is 93.6 cm³/mol. The van der Waals surface area contributed by atoms with Crippen molar-refractivity contribution >= 4 is 22.5 Å². The molecule has 122 valence electrons. The second-order valence-corrected chi connectivity index (χ2v) is 6.15. The Bertz CT molecular complexity index is 792. The van der Waals surface area contributed by atoms with Gasteiger partial charge in [0, 0.05) is 25.5 Å². The number of hydrogen-bond donors (Lipinski definition) is 1. The number of pyridine rings is 1. The minimum atomic E-state index is -0.209. The van der Waals surface area contributed by atoms with Crippen LogP contribution in [0.1, 0.15) is 16.7 Å². The van der Waals surface area contributed by atoms with Crippen LogP contribution in [-0.2, 0) is 13.1 Å². The Morgan fingerprint density at radius 3 is 2.79 bits per heavy atom. The van der Waals surface area contributed by atoms with Crippen LogP contribution in [0.4, 0.5) is 9.93 Å². The van der Waals surface area contributed by atoms with E-state index < -0.39 is 0 Å². The Kier molecular flexibility index (Phi) is 5.12. The van der Waals surface area contributed by atoms with Gasteiger partial charge in [-0.1, -0.05) is 41.7 Å². The molecule has 7 heteroatoms. The number of rotatable bonds is 5. The molecule has 0 radical (unpaired) electrons. The van der Waals surface area contributed by atoms with E-state index in [1.807, 2.05) is 43.3 Å². The van der Waals surface area contributed by atoms with Gasteiger partial charge >= 0.3 is 6.03 Å². The number of aromatic nitrogens is 3. The van der Waals surface area contributed by atoms with Crippen molar-refractivity contribution in [2.45, 2.75) is 20.0 Å². The zero-order valence-corrected chi connectivity index (χ0v) is 14.0. The van der Waals surface area contributed by atoms with Crippen molar-refractivity contribution in [3.05, 3.63) is 71.0 Å². The summed E-state index contributed by atoms with van der Waals surface area (Å²) in [4.78, 5) is 18.5. The summed E-state index contributed by atoms with van der Waals surface area (Å²) < 4.78 is 0. The van der Waals surface area contributed by atoms with Crippen molar-refractivity contribution in [1.82, 2.24) is 20.1 Å². The highest BCUT2D eigenvalue weighted by Crippen LogP contribution is 2.16. The van der Waals surface area contributed by atoms with E-state index in [2.05, 4.69) is 20.5 Å². The summed E-state index contributed by atoms with van der Waals surface area (Å²) >= 11 is 1.29. The van der Waals surface area contributed by atoms with Gasteiger partial charge in [0.15, 0.2) is 0 Å². The Morgan fingerprint density at radius 1 is 1.21 bits per heavy atom. The number of urea groups is 1. The minimum absolute atomic E-state index is 0.209. The Hall–Kier alpha value is -2.80. The van der Waals surface area contributed by atoms with Crippen LogP contribution in [0, 0.1) is 6.92 Å². The second-order valence-electron chi connectivity index (χ2n) is 5.32. The normalized spacial score (nSPS) is 10.4. The Balaban J connectivity index is 1.80. The number of hydrogen-bond acceptors (Lipinski definition) is 5. The molecule has 0 spiro atoms. The molecule has 2 heterocycles. The molecule has 0 bridgehead atoms. The van der Waals surface area contributed by atoms with Gasteiger partial charge in [-0.3, -0.25) is 10.3 Å². The summed E-state index contributed by atoms with van der Waals surface area (Å²) in [5.74, 6) is 0. The minimum Gasteiger partial charge on any atom is -0.316 e. The first-order valence-electron chi connectivity index (χ1n) is 7.48. The molecule has 6 nitrogen and oxygen atoms in total. The van der Waals surface area contributed by atoms with Crippen LogP contribution >= 0.6 is 11.3 Å². The molecule has 0 fully saturated rings. The van der Waals surface area contributed by atoms with Crippen molar-refractivity contribution in [3.63, 3.8) is 0 Å². The van der Waals surface area contributed by atoms with Gasteiger partial charge in [-0.05, 0) is 29.7 Å². The van der Waals surface area contributed by atoms with Gasteiger partial charge in [-0.2, -0.15) is 0 Å². The molecule has 2 amide bonds. The van der Waals surface area contributed by atoms with Gasteiger partial charge in [0.1, 0.15) is 5.51 Å². The second kappa shape index (κ2) is 7.65. The third-order valence-electron chi connectivity index (χ3n) is 3.58. The van der Waals surface area contributed by atoms with Crippen molar-refractivity contribution in [2.24, 2.45) is 0 Å². The van der Waals surface area contributed by atoms with Crippen molar-refractivity contribution < 1.29 is 4.79 Å². The molecule has 1 N–H and O–H groups in total. The molecular formula is C17H17N5OS. The largest absolute Gasteiger partial charge is 0.324 e. The molecule has 0 atom stereocenters. The predicted octanol–water partition coefficient (Wildman–Crippen LogP) is 3.48. The summed E-state index contributed by atoms with van der Waals surface area (Å²) in [7, 11) is 0. The van der Waals surface area contributed by atoms with Crippen LogP contribution in [0.15, 0.2) is 54.3 Å². The standard InChI is InChI=1S/C17H17N5OS/c1-13-5-2-3-7-15(13)11-22(10-14-6-4-8-18-9-14)17(23)20-16-21-19-12-24-16/h2-9,12H,10-11H2,1H3,(H,20,21,23). The van der Waals surface area contributed by atoms with Gasteiger partial charge in [0.25, 0.3) is 0 Å². The molecule has 0 aliphatic rings. The lowest BCUT2D eigenvalue weighted by atomic mass is 10.1. The van der Waals surface area contributed by atoms with Gasteiger partial charge in [-0.15, -0.1) is 10.2 Å². The molecule has 0 saturated carbocycles. The number of nitrogens with zero attached hydrogens (tertiary/aromatic N) is 4. The average molecular weight is 339 g/mol. The summed E-state index contributed by atoms with van der Waals surface area (Å²) in [5, 5.41) is 10.9. The number of carbonyl (C=O) groups is 1. The fraction of sp³-hybridized carbons (Fsp3) is 0.176. The zero-order chi connectivity index (χ0) is 16.8. The van der Waals surface area contributed by atoms with Crippen LogP contribution in [0.25, 0.3) is 0 Å². The molecule has 1 aromatic carbocycles. The number of nitrogens with one attached hydrogen (secondary N) is 1. The summed E-state index contributed by atoms with van der Waals surface area (Å²) in [6, 6.07) is 11.7. The molecule has 0 unspecified atom stereocenters. The summed E-state index contributed by atoms with van der Waals surface area (Å²) in [5.41, 5.74) is 4.81. The van der Waals surface area contributed by atoms with Crippen molar-refractivity contribution in [1.29, 1.82) is 0 Å². The molecule has 0 aliphatic carbocycles. The SMILES string of the molecule is Cc1ccccc1CN(Cc1cccnc1)C(=O)Nc1nncs1. The third-order valence-corrected chi connectivity index (χ3v) is 4.19. The number of anilines is 1. The van der Waals surface area contributed by atoms with Crippen molar-refractivity contribution in [3.8, 4) is 0 Å². The number of aryl methyl sites for hydroxylation is 1. The van der Waals surface area contributed by atoms with E-state index in [1.54, 1.807) is 22.8 Å². The number of amides is 2. The van der Waals surface area contributed by atoms with Gasteiger partial charge < -0.3 is 4.90 Å². The maximum Gasteiger partial charge on any atom is 0.324 e. The lowest BCUT2D eigenvalue weighted by molar-refractivity contribution is 0.206. The van der Waals surface area contributed by atoms with E-state index >= 15 is 0 Å². The summed E-state index contributed by atoms with van der Waals surface area (Å²) in [6.07, 6.45) is 3.49. The first kappa shape index (κ1) is 16.1. The molecular weight excluding hydrogens is 322 g/mol. The van der Waals surface area contributed by atoms with E-state index in [0.29, 0.717) is 18.2 Å². The van der Waals surface area contributed by atoms with Gasteiger partial charge in [0.2, 0.25) is 5.13 Å². The average Bonchev–Trinajstić information content (AvgIpc) is 3.10. The Morgan fingerprint density at radius 2 is 2.08 bits per heavy atom.